The molecule has 0 aliphatic carbocycles. The Morgan fingerprint density at radius 3 is 2.20 bits per heavy atom. The summed E-state index contributed by atoms with van der Waals surface area (Å²) in [4.78, 5) is 31.4. The maximum Gasteiger partial charge on any atom is 0.254 e. The van der Waals surface area contributed by atoms with E-state index in [1.165, 1.54) is 12.0 Å². The van der Waals surface area contributed by atoms with E-state index in [9.17, 15) is 9.59 Å². The predicted molar refractivity (Wildman–Crippen MR) is 143 cm³/mol. The molecule has 0 unspecified atom stereocenters. The number of carbonyl (C=O) groups is 2. The third kappa shape index (κ3) is 6.13. The second-order valence-electron chi connectivity index (χ2n) is 9.88. The average molecular weight is 478 g/mol. The molecule has 0 aromatic heterocycles. The molecule has 5 nitrogen and oxygen atoms in total. The second-order valence-corrected chi connectivity index (χ2v) is 9.88. The molecular weight excluding hydrogens is 434 g/mol. The van der Waals surface area contributed by atoms with Gasteiger partial charge in [0.2, 0.25) is 5.91 Å². The molecule has 190 valence electrons. The van der Waals surface area contributed by atoms with Gasteiger partial charge < -0.3 is 15.1 Å². The highest BCUT2D eigenvalue weighted by molar-refractivity contribution is 6.00. The summed E-state index contributed by atoms with van der Waals surface area (Å²) in [6.45, 7) is 8.66. The van der Waals surface area contributed by atoms with Gasteiger partial charge in [0.25, 0.3) is 5.91 Å². The molecule has 1 aliphatic heterocycles. The topological polar surface area (TPSA) is 52.7 Å². The average Bonchev–Trinajstić information content (AvgIpc) is 2.88. The molecule has 1 saturated heterocycles. The molecule has 35 heavy (non-hydrogen) atoms. The highest BCUT2D eigenvalue weighted by atomic mass is 16.2. The minimum absolute atomic E-state index is 0.00123. The molecule has 1 fully saturated rings. The standard InChI is InChI=1S/C30H43N3O2/c1-5-7-9-13-21-33-24(3)28(34)32(4)30(29(33)35,22-25-14-11-10-12-15-25)27-18-16-26(17-19-27)23-31-20-8-6-2/h10-12,14-19,24,31H,5-9,13,20-23H2,1-4H3/t24-,30-/m0/s1. The number of hydrogen-bond acceptors (Lipinski definition) is 3. The van der Waals surface area contributed by atoms with Crippen LogP contribution in [0, 0.1) is 0 Å². The van der Waals surface area contributed by atoms with Gasteiger partial charge in [0, 0.05) is 26.6 Å². The van der Waals surface area contributed by atoms with Crippen LogP contribution >= 0.6 is 0 Å². The molecule has 3 rings (SSSR count). The van der Waals surface area contributed by atoms with Gasteiger partial charge in [-0.05, 0) is 43.0 Å². The smallest absolute Gasteiger partial charge is 0.254 e. The molecule has 2 amide bonds. The lowest BCUT2D eigenvalue weighted by molar-refractivity contribution is -0.169. The van der Waals surface area contributed by atoms with E-state index in [2.05, 4.69) is 31.3 Å². The summed E-state index contributed by atoms with van der Waals surface area (Å²) >= 11 is 0. The summed E-state index contributed by atoms with van der Waals surface area (Å²) in [5.74, 6) is 0.0302. The van der Waals surface area contributed by atoms with Crippen LogP contribution < -0.4 is 5.32 Å². The lowest BCUT2D eigenvalue weighted by atomic mass is 9.78. The third-order valence-corrected chi connectivity index (χ3v) is 7.37. The monoisotopic (exact) mass is 477 g/mol. The Balaban J connectivity index is 1.96. The third-order valence-electron chi connectivity index (χ3n) is 7.37. The van der Waals surface area contributed by atoms with Gasteiger partial charge in [-0.3, -0.25) is 9.59 Å². The van der Waals surface area contributed by atoms with Crippen LogP contribution in [0.25, 0.3) is 0 Å². The fourth-order valence-corrected chi connectivity index (χ4v) is 5.10. The van der Waals surface area contributed by atoms with Crippen molar-refractivity contribution in [2.45, 2.75) is 83.8 Å². The van der Waals surface area contributed by atoms with Crippen LogP contribution in [0.4, 0.5) is 0 Å². The van der Waals surface area contributed by atoms with E-state index in [0.29, 0.717) is 13.0 Å². The number of carbonyl (C=O) groups excluding carboxylic acids is 2. The second kappa shape index (κ2) is 12.9. The predicted octanol–water partition coefficient (Wildman–Crippen LogP) is 5.28. The van der Waals surface area contributed by atoms with Gasteiger partial charge in [0.1, 0.15) is 6.04 Å². The molecule has 0 radical (unpaired) electrons. The lowest BCUT2D eigenvalue weighted by Gasteiger charge is -2.51. The van der Waals surface area contributed by atoms with Crippen molar-refractivity contribution < 1.29 is 9.59 Å². The van der Waals surface area contributed by atoms with Gasteiger partial charge in [-0.25, -0.2) is 0 Å². The van der Waals surface area contributed by atoms with Crippen LogP contribution in [0.1, 0.15) is 76.0 Å². The summed E-state index contributed by atoms with van der Waals surface area (Å²) in [7, 11) is 1.80. The molecular formula is C30H43N3O2. The minimum Gasteiger partial charge on any atom is -0.329 e. The zero-order valence-electron chi connectivity index (χ0n) is 22.1. The lowest BCUT2D eigenvalue weighted by Crippen LogP contribution is -2.69. The van der Waals surface area contributed by atoms with Gasteiger partial charge >= 0.3 is 0 Å². The number of amides is 2. The van der Waals surface area contributed by atoms with E-state index in [0.717, 1.165) is 56.3 Å². The number of rotatable bonds is 13. The van der Waals surface area contributed by atoms with Crippen LogP contribution in [-0.4, -0.2) is 47.8 Å². The van der Waals surface area contributed by atoms with Crippen molar-refractivity contribution in [3.8, 4) is 0 Å². The molecule has 2 atom stereocenters. The van der Waals surface area contributed by atoms with E-state index in [4.69, 9.17) is 0 Å². The molecule has 2 aromatic carbocycles. The summed E-state index contributed by atoms with van der Waals surface area (Å²) in [5, 5.41) is 3.48. The molecule has 1 N–H and O–H groups in total. The Bertz CT molecular complexity index is 944. The fraction of sp³-hybridized carbons (Fsp3) is 0.533. The summed E-state index contributed by atoms with van der Waals surface area (Å²) in [5.41, 5.74) is 2.06. The van der Waals surface area contributed by atoms with Crippen molar-refractivity contribution in [3.05, 3.63) is 71.3 Å². The number of piperazine rings is 1. The van der Waals surface area contributed by atoms with Crippen molar-refractivity contribution in [3.63, 3.8) is 0 Å². The fourth-order valence-electron chi connectivity index (χ4n) is 5.10. The van der Waals surface area contributed by atoms with Crippen molar-refractivity contribution in [1.82, 2.24) is 15.1 Å². The first-order valence-corrected chi connectivity index (χ1v) is 13.4. The summed E-state index contributed by atoms with van der Waals surface area (Å²) in [6, 6.07) is 17.9. The van der Waals surface area contributed by atoms with Crippen LogP contribution in [0.3, 0.4) is 0 Å². The van der Waals surface area contributed by atoms with E-state index in [1.807, 2.05) is 54.3 Å². The van der Waals surface area contributed by atoms with Crippen LogP contribution in [0.15, 0.2) is 54.6 Å². The van der Waals surface area contributed by atoms with Crippen molar-refractivity contribution in [2.24, 2.45) is 0 Å². The number of nitrogens with zero attached hydrogens (tertiary/aromatic N) is 2. The van der Waals surface area contributed by atoms with Crippen LogP contribution in [0.5, 0.6) is 0 Å². The van der Waals surface area contributed by atoms with Gasteiger partial charge in [-0.15, -0.1) is 0 Å². The number of hydrogen-bond donors (Lipinski definition) is 1. The molecule has 2 aromatic rings. The van der Waals surface area contributed by atoms with Gasteiger partial charge in [0.15, 0.2) is 5.54 Å². The molecule has 1 heterocycles. The molecule has 0 saturated carbocycles. The first kappa shape index (κ1) is 26.9. The zero-order chi connectivity index (χ0) is 25.3. The Labute approximate surface area is 211 Å². The largest absolute Gasteiger partial charge is 0.329 e. The number of nitrogens with one attached hydrogen (secondary N) is 1. The summed E-state index contributed by atoms with van der Waals surface area (Å²) < 4.78 is 0. The number of unbranched alkanes of at least 4 members (excludes halogenated alkanes) is 4. The SMILES string of the molecule is CCCCCCN1C(=O)[C@](Cc2ccccc2)(c2ccc(CNCCCC)cc2)N(C)C(=O)[C@@H]1C. The summed E-state index contributed by atoms with van der Waals surface area (Å²) in [6.07, 6.45) is 7.07. The van der Waals surface area contributed by atoms with Crippen molar-refractivity contribution in [2.75, 3.05) is 20.1 Å². The van der Waals surface area contributed by atoms with E-state index < -0.39 is 11.6 Å². The highest BCUT2D eigenvalue weighted by Crippen LogP contribution is 2.39. The quantitative estimate of drug-likeness (QED) is 0.399. The first-order valence-electron chi connectivity index (χ1n) is 13.4. The van der Waals surface area contributed by atoms with E-state index >= 15 is 0 Å². The first-order chi connectivity index (χ1) is 17.0. The van der Waals surface area contributed by atoms with Crippen LogP contribution in [0.2, 0.25) is 0 Å². The van der Waals surface area contributed by atoms with E-state index in [-0.39, 0.29) is 11.8 Å². The van der Waals surface area contributed by atoms with Gasteiger partial charge in [-0.1, -0.05) is 94.1 Å². The normalized spacial score (nSPS) is 20.5. The zero-order valence-corrected chi connectivity index (χ0v) is 22.1. The molecule has 1 aliphatic rings. The minimum atomic E-state index is -1.05. The molecule has 0 bridgehead atoms. The van der Waals surface area contributed by atoms with Crippen molar-refractivity contribution >= 4 is 11.8 Å². The Morgan fingerprint density at radius 1 is 0.857 bits per heavy atom. The van der Waals surface area contributed by atoms with Gasteiger partial charge in [-0.2, -0.15) is 0 Å². The maximum absolute atomic E-state index is 14.3. The number of likely N-dealkylation sites (N-methyl/N-ethyl adjacent to an activating group) is 1. The Kier molecular flexibility index (Phi) is 9.91. The maximum atomic E-state index is 14.3. The highest BCUT2D eigenvalue weighted by Gasteiger charge is 2.54. The Morgan fingerprint density at radius 2 is 1.54 bits per heavy atom. The molecule has 0 spiro atoms. The van der Waals surface area contributed by atoms with Crippen molar-refractivity contribution in [1.29, 1.82) is 0 Å². The Hall–Kier alpha value is -2.66. The molecule has 5 heteroatoms. The van der Waals surface area contributed by atoms with Gasteiger partial charge in [0.05, 0.1) is 0 Å². The van der Waals surface area contributed by atoms with E-state index in [1.54, 1.807) is 11.9 Å². The van der Waals surface area contributed by atoms with Crippen LogP contribution in [-0.2, 0) is 28.1 Å². The number of benzene rings is 2.